The van der Waals surface area contributed by atoms with Crippen LogP contribution < -0.4 is 11.1 Å². The fourth-order valence-electron chi connectivity index (χ4n) is 1.16. The van der Waals surface area contributed by atoms with Crippen LogP contribution in [0.25, 0.3) is 0 Å². The van der Waals surface area contributed by atoms with Gasteiger partial charge in [0, 0.05) is 6.54 Å². The Morgan fingerprint density at radius 3 is 2.33 bits per heavy atom. The number of rotatable bonds is 6. The quantitative estimate of drug-likeness (QED) is 0.659. The molecule has 15 heavy (non-hydrogen) atoms. The second kappa shape index (κ2) is 7.51. The van der Waals surface area contributed by atoms with Crippen LogP contribution in [-0.4, -0.2) is 24.8 Å². The number of carbonyl (C=O) groups excluding carboxylic acids is 1. The largest absolute Gasteiger partial charge is 0.444 e. The molecule has 0 atom stereocenters. The van der Waals surface area contributed by atoms with Crippen molar-refractivity contribution in [2.75, 3.05) is 13.1 Å². The Morgan fingerprint density at radius 1 is 1.20 bits per heavy atom. The van der Waals surface area contributed by atoms with E-state index < -0.39 is 5.60 Å². The fourth-order valence-corrected chi connectivity index (χ4v) is 1.16. The zero-order chi connectivity index (χ0) is 11.7. The van der Waals surface area contributed by atoms with E-state index >= 15 is 0 Å². The van der Waals surface area contributed by atoms with Gasteiger partial charge in [0.1, 0.15) is 5.60 Å². The van der Waals surface area contributed by atoms with E-state index in [4.69, 9.17) is 4.74 Å². The second-order valence-electron chi connectivity index (χ2n) is 4.70. The molecule has 0 saturated heterocycles. The molecule has 0 heterocycles. The summed E-state index contributed by atoms with van der Waals surface area (Å²) < 4.78 is 5.11. The number of nitrogens with one attached hydrogen (secondary N) is 1. The summed E-state index contributed by atoms with van der Waals surface area (Å²) in [5.74, 6) is 0. The molecular weight excluding hydrogens is 192 g/mol. The van der Waals surface area contributed by atoms with Crippen molar-refractivity contribution in [2.45, 2.75) is 52.1 Å². The van der Waals surface area contributed by atoms with E-state index in [0.717, 1.165) is 19.4 Å². The Hall–Kier alpha value is -0.770. The molecule has 0 aliphatic rings. The molecule has 90 valence electrons. The standard InChI is InChI=1S/C11H24N2O2/c1-11(2,3)15-10(14)13-9-7-5-4-6-8-12/h4-9,12H2,1-3H3,(H,13,14)/p+1. The Labute approximate surface area is 92.6 Å². The van der Waals surface area contributed by atoms with Crippen LogP contribution in [-0.2, 0) is 4.74 Å². The zero-order valence-electron chi connectivity index (χ0n) is 10.3. The lowest BCUT2D eigenvalue weighted by Crippen LogP contribution is -2.50. The van der Waals surface area contributed by atoms with Crippen molar-refractivity contribution < 1.29 is 15.3 Å². The Kier molecular flexibility index (Phi) is 7.13. The molecule has 0 aromatic heterocycles. The SMILES string of the molecule is CC(C)(C)OC(=O)NCCCCCC[NH3+]. The number of quaternary nitrogens is 1. The average molecular weight is 217 g/mol. The molecule has 4 N–H and O–H groups in total. The summed E-state index contributed by atoms with van der Waals surface area (Å²) in [5.41, 5.74) is 3.38. The van der Waals surface area contributed by atoms with Crippen molar-refractivity contribution in [1.29, 1.82) is 0 Å². The molecule has 4 heteroatoms. The summed E-state index contributed by atoms with van der Waals surface area (Å²) in [7, 11) is 0. The van der Waals surface area contributed by atoms with E-state index in [1.54, 1.807) is 0 Å². The minimum absolute atomic E-state index is 0.320. The summed E-state index contributed by atoms with van der Waals surface area (Å²) in [6, 6.07) is 0. The van der Waals surface area contributed by atoms with Gasteiger partial charge in [-0.15, -0.1) is 0 Å². The van der Waals surface area contributed by atoms with Gasteiger partial charge in [0.05, 0.1) is 6.54 Å². The maximum atomic E-state index is 11.2. The predicted molar refractivity (Wildman–Crippen MR) is 60.5 cm³/mol. The first-order valence-electron chi connectivity index (χ1n) is 5.72. The molecule has 0 radical (unpaired) electrons. The second-order valence-corrected chi connectivity index (χ2v) is 4.70. The maximum absolute atomic E-state index is 11.2. The molecule has 4 nitrogen and oxygen atoms in total. The summed E-state index contributed by atoms with van der Waals surface area (Å²) in [4.78, 5) is 11.2. The molecule has 0 rings (SSSR count). The van der Waals surface area contributed by atoms with Crippen LogP contribution in [0.2, 0.25) is 0 Å². The molecule has 1 amide bonds. The van der Waals surface area contributed by atoms with Gasteiger partial charge >= 0.3 is 6.09 Å². The molecule has 0 aromatic rings. The molecule has 0 unspecified atom stereocenters. The topological polar surface area (TPSA) is 66.0 Å². The molecule has 0 aliphatic heterocycles. The van der Waals surface area contributed by atoms with Crippen LogP contribution in [0.1, 0.15) is 46.5 Å². The minimum atomic E-state index is -0.405. The van der Waals surface area contributed by atoms with Gasteiger partial charge in [0.2, 0.25) is 0 Å². The van der Waals surface area contributed by atoms with E-state index in [1.807, 2.05) is 20.8 Å². The lowest BCUT2D eigenvalue weighted by atomic mass is 10.2. The van der Waals surface area contributed by atoms with Gasteiger partial charge < -0.3 is 15.8 Å². The van der Waals surface area contributed by atoms with E-state index in [-0.39, 0.29) is 6.09 Å². The Bertz CT molecular complexity index is 176. The van der Waals surface area contributed by atoms with E-state index in [2.05, 4.69) is 11.1 Å². The van der Waals surface area contributed by atoms with Crippen LogP contribution in [0.4, 0.5) is 4.79 Å². The van der Waals surface area contributed by atoms with Crippen molar-refractivity contribution in [3.8, 4) is 0 Å². The van der Waals surface area contributed by atoms with E-state index in [1.165, 1.54) is 12.8 Å². The Morgan fingerprint density at radius 2 is 1.80 bits per heavy atom. The van der Waals surface area contributed by atoms with E-state index in [9.17, 15) is 4.79 Å². The summed E-state index contributed by atoms with van der Waals surface area (Å²) in [5, 5.41) is 2.74. The number of hydrogen-bond donors (Lipinski definition) is 2. The first kappa shape index (κ1) is 14.2. The average Bonchev–Trinajstić information content (AvgIpc) is 2.08. The van der Waals surface area contributed by atoms with Crippen LogP contribution >= 0.6 is 0 Å². The van der Waals surface area contributed by atoms with Gasteiger partial charge in [-0.25, -0.2) is 4.79 Å². The van der Waals surface area contributed by atoms with Crippen LogP contribution in [0.3, 0.4) is 0 Å². The number of alkyl carbamates (subject to hydrolysis) is 1. The lowest BCUT2D eigenvalue weighted by Gasteiger charge is -2.19. The van der Waals surface area contributed by atoms with Crippen molar-refractivity contribution in [3.63, 3.8) is 0 Å². The molecule has 0 fully saturated rings. The summed E-state index contributed by atoms with van der Waals surface area (Å²) >= 11 is 0. The predicted octanol–water partition coefficient (Wildman–Crippen LogP) is 1.31. The van der Waals surface area contributed by atoms with E-state index in [0.29, 0.717) is 6.54 Å². The van der Waals surface area contributed by atoms with Crippen molar-refractivity contribution in [1.82, 2.24) is 5.32 Å². The third-order valence-electron chi connectivity index (χ3n) is 1.84. The third-order valence-corrected chi connectivity index (χ3v) is 1.84. The van der Waals surface area contributed by atoms with Gasteiger partial charge in [-0.05, 0) is 40.0 Å². The monoisotopic (exact) mass is 217 g/mol. The number of hydrogen-bond acceptors (Lipinski definition) is 2. The van der Waals surface area contributed by atoms with Crippen molar-refractivity contribution in [2.24, 2.45) is 0 Å². The summed E-state index contributed by atoms with van der Waals surface area (Å²) in [6.45, 7) is 7.29. The maximum Gasteiger partial charge on any atom is 0.407 e. The van der Waals surface area contributed by atoms with Gasteiger partial charge in [-0.1, -0.05) is 6.42 Å². The van der Waals surface area contributed by atoms with Crippen LogP contribution in [0.5, 0.6) is 0 Å². The smallest absolute Gasteiger partial charge is 0.407 e. The van der Waals surface area contributed by atoms with Gasteiger partial charge in [0.15, 0.2) is 0 Å². The van der Waals surface area contributed by atoms with Gasteiger partial charge in [-0.2, -0.15) is 0 Å². The first-order chi connectivity index (χ1) is 6.95. The van der Waals surface area contributed by atoms with Gasteiger partial charge in [-0.3, -0.25) is 0 Å². The normalized spacial score (nSPS) is 11.2. The molecule has 0 aliphatic carbocycles. The fraction of sp³-hybridized carbons (Fsp3) is 0.909. The minimum Gasteiger partial charge on any atom is -0.444 e. The molecule has 0 bridgehead atoms. The highest BCUT2D eigenvalue weighted by molar-refractivity contribution is 5.67. The van der Waals surface area contributed by atoms with Crippen molar-refractivity contribution in [3.05, 3.63) is 0 Å². The molecular formula is C11H25N2O2+. The Balaban J connectivity index is 3.32. The number of amides is 1. The highest BCUT2D eigenvalue weighted by Gasteiger charge is 2.15. The number of unbranched alkanes of at least 4 members (excludes halogenated alkanes) is 3. The molecule has 0 spiro atoms. The molecule has 0 aromatic carbocycles. The van der Waals surface area contributed by atoms with Crippen LogP contribution in [0.15, 0.2) is 0 Å². The lowest BCUT2D eigenvalue weighted by molar-refractivity contribution is -0.368. The highest BCUT2D eigenvalue weighted by Crippen LogP contribution is 2.06. The van der Waals surface area contributed by atoms with Crippen molar-refractivity contribution >= 4 is 6.09 Å². The zero-order valence-corrected chi connectivity index (χ0v) is 10.3. The summed E-state index contributed by atoms with van der Waals surface area (Å²) in [6.07, 6.45) is 4.20. The number of carbonyl (C=O) groups is 1. The molecule has 0 saturated carbocycles. The highest BCUT2D eigenvalue weighted by atomic mass is 16.6. The first-order valence-corrected chi connectivity index (χ1v) is 5.72. The third kappa shape index (κ3) is 11.2. The van der Waals surface area contributed by atoms with Crippen LogP contribution in [0, 0.1) is 0 Å². The number of ether oxygens (including phenoxy) is 1. The van der Waals surface area contributed by atoms with Gasteiger partial charge in [0.25, 0.3) is 0 Å².